The Bertz CT molecular complexity index is 979. The number of rotatable bonds is 4. The van der Waals surface area contributed by atoms with Gasteiger partial charge in [-0.3, -0.25) is 4.79 Å². The second-order valence-electron chi connectivity index (χ2n) is 7.89. The number of hydrogen-bond donors (Lipinski definition) is 1. The first-order valence-electron chi connectivity index (χ1n) is 9.89. The molecule has 3 heteroatoms. The van der Waals surface area contributed by atoms with Gasteiger partial charge in [0.25, 0.3) is 0 Å². The number of amides is 1. The Morgan fingerprint density at radius 2 is 1.43 bits per heavy atom. The molecule has 0 aromatic heterocycles. The highest BCUT2D eigenvalue weighted by Crippen LogP contribution is 2.55. The molecule has 6 rings (SSSR count). The van der Waals surface area contributed by atoms with Crippen LogP contribution in [0.4, 0.5) is 4.39 Å². The predicted octanol–water partition coefficient (Wildman–Crippen LogP) is 4.78. The van der Waals surface area contributed by atoms with Gasteiger partial charge in [-0.2, -0.15) is 0 Å². The average molecular weight is 371 g/mol. The van der Waals surface area contributed by atoms with E-state index in [1.807, 2.05) is 0 Å². The lowest BCUT2D eigenvalue weighted by molar-refractivity contribution is -0.120. The maximum absolute atomic E-state index is 13.0. The summed E-state index contributed by atoms with van der Waals surface area (Å²) < 4.78 is 13.0. The van der Waals surface area contributed by atoms with Gasteiger partial charge in [0.05, 0.1) is 6.42 Å². The number of hydrogen-bond acceptors (Lipinski definition) is 1. The van der Waals surface area contributed by atoms with Crippen molar-refractivity contribution in [3.8, 4) is 0 Å². The molecule has 3 aliphatic rings. The molecule has 1 amide bonds. The quantitative estimate of drug-likeness (QED) is 0.702. The largest absolute Gasteiger partial charge is 0.356 e. The molecule has 0 radical (unpaired) electrons. The van der Waals surface area contributed by atoms with Crippen LogP contribution in [0.5, 0.6) is 0 Å². The van der Waals surface area contributed by atoms with Gasteiger partial charge >= 0.3 is 0 Å². The lowest BCUT2D eigenvalue weighted by Gasteiger charge is -2.45. The zero-order valence-corrected chi connectivity index (χ0v) is 15.6. The molecule has 0 spiro atoms. The molecular weight excluding hydrogens is 349 g/mol. The van der Waals surface area contributed by atoms with Crippen LogP contribution in [0.25, 0.3) is 0 Å². The number of halogens is 1. The molecule has 1 unspecified atom stereocenters. The van der Waals surface area contributed by atoms with Crippen LogP contribution in [0.2, 0.25) is 0 Å². The minimum Gasteiger partial charge on any atom is -0.356 e. The minimum atomic E-state index is -0.278. The van der Waals surface area contributed by atoms with Crippen molar-refractivity contribution in [2.24, 2.45) is 5.92 Å². The molecule has 2 nitrogen and oxygen atoms in total. The first-order chi connectivity index (χ1) is 13.7. The van der Waals surface area contributed by atoms with Gasteiger partial charge in [0.2, 0.25) is 5.91 Å². The highest BCUT2D eigenvalue weighted by molar-refractivity contribution is 5.78. The summed E-state index contributed by atoms with van der Waals surface area (Å²) in [5.41, 5.74) is 6.55. The summed E-state index contributed by atoms with van der Waals surface area (Å²) in [6.45, 7) is 0.670. The molecule has 0 heterocycles. The van der Waals surface area contributed by atoms with E-state index in [1.165, 1.54) is 34.4 Å². The topological polar surface area (TPSA) is 29.1 Å². The normalized spacial score (nSPS) is 21.7. The van der Waals surface area contributed by atoms with E-state index in [4.69, 9.17) is 0 Å². The fourth-order valence-corrected chi connectivity index (χ4v) is 5.05. The maximum Gasteiger partial charge on any atom is 0.224 e. The van der Waals surface area contributed by atoms with Gasteiger partial charge in [-0.25, -0.2) is 4.39 Å². The summed E-state index contributed by atoms with van der Waals surface area (Å²) >= 11 is 0. The van der Waals surface area contributed by atoms with Crippen LogP contribution in [0.1, 0.15) is 46.1 Å². The second kappa shape index (κ2) is 6.90. The summed E-state index contributed by atoms with van der Waals surface area (Å²) in [5.74, 6) is 0.862. The lowest BCUT2D eigenvalue weighted by Crippen LogP contribution is -2.39. The van der Waals surface area contributed by atoms with Crippen LogP contribution >= 0.6 is 0 Å². The fraction of sp³-hybridized carbons (Fsp3) is 0.240. The Labute approximate surface area is 164 Å². The van der Waals surface area contributed by atoms with Gasteiger partial charge in [-0.05, 0) is 52.3 Å². The molecule has 140 valence electrons. The van der Waals surface area contributed by atoms with Crippen molar-refractivity contribution in [1.82, 2.24) is 5.32 Å². The third-order valence-electron chi connectivity index (χ3n) is 6.26. The molecule has 0 saturated heterocycles. The standard InChI is InChI=1S/C25H22FNO/c26-18-11-9-16(10-12-18)13-24(28)27-15-17-14-23-19-5-1-3-7-21(19)25(17)22-8-4-2-6-20(22)23/h1-12,17,23,25H,13-15H2,(H,27,28). The van der Waals surface area contributed by atoms with E-state index < -0.39 is 0 Å². The molecule has 1 atom stereocenters. The summed E-state index contributed by atoms with van der Waals surface area (Å²) in [4.78, 5) is 12.4. The molecule has 3 aromatic rings. The molecule has 0 aliphatic heterocycles. The van der Waals surface area contributed by atoms with Crippen molar-refractivity contribution in [1.29, 1.82) is 0 Å². The predicted molar refractivity (Wildman–Crippen MR) is 108 cm³/mol. The van der Waals surface area contributed by atoms with E-state index in [-0.39, 0.29) is 18.1 Å². The van der Waals surface area contributed by atoms with E-state index in [2.05, 4.69) is 53.8 Å². The van der Waals surface area contributed by atoms with Gasteiger partial charge in [-0.15, -0.1) is 0 Å². The third-order valence-corrected chi connectivity index (χ3v) is 6.26. The van der Waals surface area contributed by atoms with Gasteiger partial charge in [0, 0.05) is 18.4 Å². The smallest absolute Gasteiger partial charge is 0.224 e. The van der Waals surface area contributed by atoms with Crippen molar-refractivity contribution >= 4 is 5.91 Å². The summed E-state index contributed by atoms with van der Waals surface area (Å²) in [5, 5.41) is 3.13. The van der Waals surface area contributed by atoms with Crippen LogP contribution in [0.15, 0.2) is 72.8 Å². The molecule has 3 aromatic carbocycles. The van der Waals surface area contributed by atoms with E-state index in [0.717, 1.165) is 12.0 Å². The average Bonchev–Trinajstić information content (AvgIpc) is 2.74. The van der Waals surface area contributed by atoms with Crippen LogP contribution < -0.4 is 5.32 Å². The Hall–Kier alpha value is -2.94. The summed E-state index contributed by atoms with van der Waals surface area (Å²) in [7, 11) is 0. The molecule has 1 N–H and O–H groups in total. The SMILES string of the molecule is O=C(Cc1ccc(F)cc1)NCC1CC2c3ccccc3C1c1ccccc12. The first-order valence-corrected chi connectivity index (χ1v) is 9.89. The van der Waals surface area contributed by atoms with Crippen LogP contribution in [0.3, 0.4) is 0 Å². The van der Waals surface area contributed by atoms with Crippen LogP contribution in [-0.4, -0.2) is 12.5 Å². The van der Waals surface area contributed by atoms with Gasteiger partial charge < -0.3 is 5.32 Å². The van der Waals surface area contributed by atoms with E-state index in [1.54, 1.807) is 12.1 Å². The highest BCUT2D eigenvalue weighted by atomic mass is 19.1. The lowest BCUT2D eigenvalue weighted by atomic mass is 9.59. The number of nitrogens with one attached hydrogen (secondary N) is 1. The Kier molecular flexibility index (Phi) is 4.23. The van der Waals surface area contributed by atoms with E-state index in [0.29, 0.717) is 24.3 Å². The Morgan fingerprint density at radius 3 is 2.04 bits per heavy atom. The summed E-state index contributed by atoms with van der Waals surface area (Å²) in [6.07, 6.45) is 1.35. The molecule has 3 aliphatic carbocycles. The number of fused-ring (bicyclic) bond motifs is 1. The highest BCUT2D eigenvalue weighted by Gasteiger charge is 2.42. The van der Waals surface area contributed by atoms with Crippen molar-refractivity contribution in [2.45, 2.75) is 24.7 Å². The van der Waals surface area contributed by atoms with Crippen LogP contribution in [-0.2, 0) is 11.2 Å². The number of carbonyl (C=O) groups is 1. The van der Waals surface area contributed by atoms with Gasteiger partial charge in [-0.1, -0.05) is 60.7 Å². The van der Waals surface area contributed by atoms with Crippen molar-refractivity contribution in [2.75, 3.05) is 6.54 Å². The Morgan fingerprint density at radius 1 is 0.857 bits per heavy atom. The first kappa shape index (κ1) is 17.2. The third kappa shape index (κ3) is 2.91. The molecule has 2 bridgehead atoms. The minimum absolute atomic E-state index is 0.00498. The van der Waals surface area contributed by atoms with Gasteiger partial charge in [0.15, 0.2) is 0 Å². The van der Waals surface area contributed by atoms with E-state index in [9.17, 15) is 9.18 Å². The van der Waals surface area contributed by atoms with Crippen LogP contribution in [0, 0.1) is 11.7 Å². The molecule has 0 saturated carbocycles. The molecule has 28 heavy (non-hydrogen) atoms. The second-order valence-corrected chi connectivity index (χ2v) is 7.89. The van der Waals surface area contributed by atoms with Crippen molar-refractivity contribution in [3.05, 3.63) is 106 Å². The monoisotopic (exact) mass is 371 g/mol. The number of carbonyl (C=O) groups excluding carboxylic acids is 1. The molecule has 0 fully saturated rings. The maximum atomic E-state index is 13.0. The summed E-state index contributed by atoms with van der Waals surface area (Å²) in [6, 6.07) is 23.6. The fourth-order valence-electron chi connectivity index (χ4n) is 5.05. The van der Waals surface area contributed by atoms with E-state index >= 15 is 0 Å². The van der Waals surface area contributed by atoms with Crippen molar-refractivity contribution < 1.29 is 9.18 Å². The molecular formula is C25H22FNO. The zero-order valence-electron chi connectivity index (χ0n) is 15.6. The Balaban J connectivity index is 1.34. The van der Waals surface area contributed by atoms with Gasteiger partial charge in [0.1, 0.15) is 5.82 Å². The zero-order chi connectivity index (χ0) is 19.1. The number of benzene rings is 3. The van der Waals surface area contributed by atoms with Crippen molar-refractivity contribution in [3.63, 3.8) is 0 Å².